The Labute approximate surface area is 128 Å². The number of carbonyl (C=O) groups excluding carboxylic acids is 1. The van der Waals surface area contributed by atoms with Crippen molar-refractivity contribution >= 4 is 11.6 Å². The molecule has 3 aromatic rings. The van der Waals surface area contributed by atoms with Gasteiger partial charge < -0.3 is 13.9 Å². The minimum atomic E-state index is -0.354. The maximum absolute atomic E-state index is 11.5. The Hall–Kier alpha value is -2.82. The van der Waals surface area contributed by atoms with Crippen molar-refractivity contribution in [3.05, 3.63) is 65.6 Å². The average Bonchev–Trinajstić information content (AvgIpc) is 2.96. The van der Waals surface area contributed by atoms with Gasteiger partial charge in [0.2, 0.25) is 0 Å². The van der Waals surface area contributed by atoms with E-state index < -0.39 is 0 Å². The van der Waals surface area contributed by atoms with Gasteiger partial charge in [-0.1, -0.05) is 12.1 Å². The minimum Gasteiger partial charge on any atom is -0.497 e. The van der Waals surface area contributed by atoms with Gasteiger partial charge in [0.05, 0.1) is 25.5 Å². The summed E-state index contributed by atoms with van der Waals surface area (Å²) in [5.41, 5.74) is 3.39. The number of methoxy groups -OCH3 is 2. The fourth-order valence-corrected chi connectivity index (χ4v) is 2.32. The van der Waals surface area contributed by atoms with E-state index in [1.54, 1.807) is 19.4 Å². The second-order valence-corrected chi connectivity index (χ2v) is 4.93. The van der Waals surface area contributed by atoms with Gasteiger partial charge >= 0.3 is 5.97 Å². The molecule has 5 heteroatoms. The first-order chi connectivity index (χ1) is 10.7. The van der Waals surface area contributed by atoms with Crippen molar-refractivity contribution < 1.29 is 14.3 Å². The Morgan fingerprint density at radius 3 is 2.55 bits per heavy atom. The summed E-state index contributed by atoms with van der Waals surface area (Å²) in [5, 5.41) is 0. The molecule has 0 amide bonds. The predicted molar refractivity (Wildman–Crippen MR) is 82.3 cm³/mol. The van der Waals surface area contributed by atoms with Gasteiger partial charge in [0.1, 0.15) is 11.4 Å². The molecular weight excluding hydrogens is 280 g/mol. The molecule has 0 fully saturated rings. The van der Waals surface area contributed by atoms with E-state index in [-0.39, 0.29) is 5.97 Å². The normalized spacial score (nSPS) is 10.6. The molecule has 112 valence electrons. The lowest BCUT2D eigenvalue weighted by Gasteiger charge is -2.01. The highest BCUT2D eigenvalue weighted by Crippen LogP contribution is 2.16. The Balaban J connectivity index is 1.86. The van der Waals surface area contributed by atoms with Gasteiger partial charge in [0, 0.05) is 18.8 Å². The molecule has 0 saturated heterocycles. The van der Waals surface area contributed by atoms with Crippen molar-refractivity contribution in [2.24, 2.45) is 0 Å². The van der Waals surface area contributed by atoms with Crippen molar-refractivity contribution in [2.45, 2.75) is 6.42 Å². The second-order valence-electron chi connectivity index (χ2n) is 4.93. The summed E-state index contributed by atoms with van der Waals surface area (Å²) in [6.45, 7) is 0. The zero-order valence-electron chi connectivity index (χ0n) is 12.4. The Bertz CT molecular complexity index is 806. The molecule has 0 atom stereocenters. The topological polar surface area (TPSA) is 52.8 Å². The van der Waals surface area contributed by atoms with Gasteiger partial charge in [-0.2, -0.15) is 0 Å². The molecule has 2 aromatic heterocycles. The van der Waals surface area contributed by atoms with Gasteiger partial charge in [-0.3, -0.25) is 0 Å². The van der Waals surface area contributed by atoms with Gasteiger partial charge in [-0.25, -0.2) is 9.78 Å². The van der Waals surface area contributed by atoms with Crippen LogP contribution in [0.3, 0.4) is 0 Å². The lowest BCUT2D eigenvalue weighted by Crippen LogP contribution is -2.02. The van der Waals surface area contributed by atoms with Crippen LogP contribution < -0.4 is 4.74 Å². The van der Waals surface area contributed by atoms with E-state index in [0.717, 1.165) is 29.1 Å². The van der Waals surface area contributed by atoms with E-state index in [1.807, 2.05) is 40.9 Å². The number of imidazole rings is 1. The smallest absolute Gasteiger partial charge is 0.339 e. The zero-order chi connectivity index (χ0) is 15.5. The number of benzene rings is 1. The second kappa shape index (κ2) is 5.89. The summed E-state index contributed by atoms with van der Waals surface area (Å²) in [4.78, 5) is 16.1. The zero-order valence-corrected chi connectivity index (χ0v) is 12.4. The van der Waals surface area contributed by atoms with Crippen LogP contribution >= 0.6 is 0 Å². The lowest BCUT2D eigenvalue weighted by atomic mass is 10.1. The summed E-state index contributed by atoms with van der Waals surface area (Å²) >= 11 is 0. The summed E-state index contributed by atoms with van der Waals surface area (Å²) in [6, 6.07) is 11.4. The number of ether oxygens (including phenoxy) is 2. The van der Waals surface area contributed by atoms with Crippen LogP contribution in [0.15, 0.2) is 48.8 Å². The summed E-state index contributed by atoms with van der Waals surface area (Å²) in [7, 11) is 3.02. The standard InChI is InChI=1S/C17H16N2O3/c1-21-15-6-3-12(4-7-15)9-14-11-19-10-13(17(20)22-2)5-8-16(19)18-14/h3-8,10-11H,9H2,1-2H3. The highest BCUT2D eigenvalue weighted by Gasteiger charge is 2.08. The monoisotopic (exact) mass is 296 g/mol. The molecule has 0 spiro atoms. The third-order valence-electron chi connectivity index (χ3n) is 3.47. The first-order valence-electron chi connectivity index (χ1n) is 6.88. The van der Waals surface area contributed by atoms with Crippen molar-refractivity contribution in [3.8, 4) is 5.75 Å². The van der Waals surface area contributed by atoms with Gasteiger partial charge in [-0.15, -0.1) is 0 Å². The van der Waals surface area contributed by atoms with Crippen LogP contribution in [0.25, 0.3) is 5.65 Å². The van der Waals surface area contributed by atoms with Crippen molar-refractivity contribution in [1.29, 1.82) is 0 Å². The molecular formula is C17H16N2O3. The van der Waals surface area contributed by atoms with Crippen LogP contribution in [0.1, 0.15) is 21.6 Å². The predicted octanol–water partition coefficient (Wildman–Crippen LogP) is 2.72. The summed E-state index contributed by atoms with van der Waals surface area (Å²) < 4.78 is 11.7. The van der Waals surface area contributed by atoms with Crippen LogP contribution in [0, 0.1) is 0 Å². The molecule has 2 heterocycles. The Morgan fingerprint density at radius 1 is 1.09 bits per heavy atom. The number of rotatable bonds is 4. The number of pyridine rings is 1. The van der Waals surface area contributed by atoms with E-state index in [1.165, 1.54) is 7.11 Å². The molecule has 3 rings (SSSR count). The number of fused-ring (bicyclic) bond motifs is 1. The molecule has 0 aliphatic heterocycles. The van der Waals surface area contributed by atoms with Gasteiger partial charge in [0.25, 0.3) is 0 Å². The summed E-state index contributed by atoms with van der Waals surface area (Å²) in [5.74, 6) is 0.480. The molecule has 0 aliphatic carbocycles. The molecule has 0 saturated carbocycles. The van der Waals surface area contributed by atoms with Crippen LogP contribution in [0.5, 0.6) is 5.75 Å². The van der Waals surface area contributed by atoms with Gasteiger partial charge in [-0.05, 0) is 29.8 Å². The lowest BCUT2D eigenvalue weighted by molar-refractivity contribution is 0.0600. The fourth-order valence-electron chi connectivity index (χ4n) is 2.32. The summed E-state index contributed by atoms with van der Waals surface area (Å²) in [6.07, 6.45) is 4.37. The SMILES string of the molecule is COC(=O)c1ccc2nc(Cc3ccc(OC)cc3)cn2c1. The number of hydrogen-bond acceptors (Lipinski definition) is 4. The van der Waals surface area contributed by atoms with Crippen molar-refractivity contribution in [2.75, 3.05) is 14.2 Å². The van der Waals surface area contributed by atoms with Gasteiger partial charge in [0.15, 0.2) is 0 Å². The molecule has 0 N–H and O–H groups in total. The van der Waals surface area contributed by atoms with Crippen LogP contribution in [-0.2, 0) is 11.2 Å². The minimum absolute atomic E-state index is 0.354. The first-order valence-corrected chi connectivity index (χ1v) is 6.88. The van der Waals surface area contributed by atoms with Crippen LogP contribution in [-0.4, -0.2) is 29.6 Å². The number of hydrogen-bond donors (Lipinski definition) is 0. The van der Waals surface area contributed by atoms with Crippen LogP contribution in [0.2, 0.25) is 0 Å². The third kappa shape index (κ3) is 2.79. The molecule has 5 nitrogen and oxygen atoms in total. The Kier molecular flexibility index (Phi) is 3.78. The van der Waals surface area contributed by atoms with Crippen molar-refractivity contribution in [3.63, 3.8) is 0 Å². The maximum atomic E-state index is 11.5. The largest absolute Gasteiger partial charge is 0.497 e. The number of aromatic nitrogens is 2. The number of nitrogens with zero attached hydrogens (tertiary/aromatic N) is 2. The number of esters is 1. The van der Waals surface area contributed by atoms with E-state index in [9.17, 15) is 4.79 Å². The highest BCUT2D eigenvalue weighted by atomic mass is 16.5. The average molecular weight is 296 g/mol. The third-order valence-corrected chi connectivity index (χ3v) is 3.47. The van der Waals surface area contributed by atoms with E-state index >= 15 is 0 Å². The molecule has 0 aliphatic rings. The first kappa shape index (κ1) is 14.1. The van der Waals surface area contributed by atoms with Crippen molar-refractivity contribution in [1.82, 2.24) is 9.38 Å². The van der Waals surface area contributed by atoms with E-state index in [0.29, 0.717) is 5.56 Å². The molecule has 22 heavy (non-hydrogen) atoms. The molecule has 0 bridgehead atoms. The molecule has 0 unspecified atom stereocenters. The quantitative estimate of drug-likeness (QED) is 0.695. The fraction of sp³-hybridized carbons (Fsp3) is 0.176. The van der Waals surface area contributed by atoms with E-state index in [2.05, 4.69) is 4.98 Å². The molecule has 0 radical (unpaired) electrons. The highest BCUT2D eigenvalue weighted by molar-refractivity contribution is 5.89. The Morgan fingerprint density at radius 2 is 1.86 bits per heavy atom. The van der Waals surface area contributed by atoms with E-state index in [4.69, 9.17) is 9.47 Å². The van der Waals surface area contributed by atoms with Crippen LogP contribution in [0.4, 0.5) is 0 Å². The molecule has 1 aromatic carbocycles. The number of carbonyl (C=O) groups is 1. The maximum Gasteiger partial charge on any atom is 0.339 e.